The molecule has 5 nitrogen and oxygen atoms in total. The number of anilines is 1. The van der Waals surface area contributed by atoms with Crippen LogP contribution in [-0.4, -0.2) is 60.5 Å². The number of rotatable bonds is 5. The highest BCUT2D eigenvalue weighted by Crippen LogP contribution is 2.26. The van der Waals surface area contributed by atoms with Crippen molar-refractivity contribution < 1.29 is 4.79 Å². The molecule has 1 atom stereocenters. The minimum atomic E-state index is -0.244. The molecule has 2 heterocycles. The van der Waals surface area contributed by atoms with Crippen LogP contribution in [0.5, 0.6) is 0 Å². The summed E-state index contributed by atoms with van der Waals surface area (Å²) in [6, 6.07) is 13.4. The number of carbonyl (C=O) groups excluding carboxylic acids is 1. The van der Waals surface area contributed by atoms with Gasteiger partial charge >= 0.3 is 0 Å². The monoisotopic (exact) mass is 372 g/mol. The normalized spacial score (nSPS) is 16.0. The van der Waals surface area contributed by atoms with Crippen LogP contribution >= 0.6 is 11.6 Å². The molecule has 1 aromatic heterocycles. The van der Waals surface area contributed by atoms with Crippen LogP contribution in [0.3, 0.4) is 0 Å². The number of carbonyl (C=O) groups is 1. The molecule has 2 aromatic rings. The lowest BCUT2D eigenvalue weighted by Gasteiger charge is -2.38. The van der Waals surface area contributed by atoms with Gasteiger partial charge in [0.05, 0.1) is 5.02 Å². The molecule has 0 spiro atoms. The van der Waals surface area contributed by atoms with Crippen molar-refractivity contribution in [3.8, 4) is 0 Å². The molecule has 26 heavy (non-hydrogen) atoms. The Labute approximate surface area is 160 Å². The lowest BCUT2D eigenvalue weighted by Crippen LogP contribution is -2.52. The van der Waals surface area contributed by atoms with Crippen LogP contribution in [0, 0.1) is 0 Å². The van der Waals surface area contributed by atoms with Gasteiger partial charge in [0.1, 0.15) is 11.9 Å². The fourth-order valence-corrected chi connectivity index (χ4v) is 3.57. The molecule has 1 unspecified atom stereocenters. The Kier molecular flexibility index (Phi) is 6.12. The quantitative estimate of drug-likeness (QED) is 0.808. The zero-order valence-corrected chi connectivity index (χ0v) is 16.1. The van der Waals surface area contributed by atoms with Crippen molar-refractivity contribution in [3.05, 3.63) is 59.2 Å². The lowest BCUT2D eigenvalue weighted by molar-refractivity contribution is -0.137. The summed E-state index contributed by atoms with van der Waals surface area (Å²) in [7, 11) is 2.00. The largest absolute Gasteiger partial charge is 0.352 e. The van der Waals surface area contributed by atoms with E-state index in [1.807, 2.05) is 54.4 Å². The van der Waals surface area contributed by atoms with Crippen molar-refractivity contribution in [3.63, 3.8) is 0 Å². The predicted octanol–water partition coefficient (Wildman–Crippen LogP) is 3.08. The van der Waals surface area contributed by atoms with E-state index < -0.39 is 0 Å². The molecule has 6 heteroatoms. The Morgan fingerprint density at radius 3 is 2.46 bits per heavy atom. The maximum absolute atomic E-state index is 13.2. The SMILES string of the molecule is CCN(C)C(C(=O)N1CCN(c2ncccc2Cl)CC1)c1ccccc1. The number of nitrogens with zero attached hydrogens (tertiary/aromatic N) is 4. The van der Waals surface area contributed by atoms with E-state index in [0.717, 1.165) is 31.0 Å². The molecule has 1 saturated heterocycles. The summed E-state index contributed by atoms with van der Waals surface area (Å²) < 4.78 is 0. The molecule has 3 rings (SSSR count). The topological polar surface area (TPSA) is 39.7 Å². The lowest BCUT2D eigenvalue weighted by atomic mass is 10.0. The van der Waals surface area contributed by atoms with Gasteiger partial charge in [0.25, 0.3) is 0 Å². The molecule has 0 N–H and O–H groups in total. The Morgan fingerprint density at radius 2 is 1.85 bits per heavy atom. The third kappa shape index (κ3) is 4.00. The fourth-order valence-electron chi connectivity index (χ4n) is 3.33. The second-order valence-electron chi connectivity index (χ2n) is 6.51. The van der Waals surface area contributed by atoms with Gasteiger partial charge in [-0.2, -0.15) is 0 Å². The molecular formula is C20H25ClN4O. The van der Waals surface area contributed by atoms with Gasteiger partial charge in [-0.1, -0.05) is 48.9 Å². The van der Waals surface area contributed by atoms with Crippen LogP contribution in [-0.2, 0) is 4.79 Å². The first-order valence-electron chi connectivity index (χ1n) is 9.01. The Hall–Kier alpha value is -2.11. The van der Waals surface area contributed by atoms with Gasteiger partial charge in [0, 0.05) is 32.4 Å². The van der Waals surface area contributed by atoms with Crippen LogP contribution in [0.15, 0.2) is 48.7 Å². The Balaban J connectivity index is 1.71. The first kappa shape index (κ1) is 18.7. The number of halogens is 1. The fraction of sp³-hybridized carbons (Fsp3) is 0.400. The molecular weight excluding hydrogens is 348 g/mol. The minimum Gasteiger partial charge on any atom is -0.352 e. The van der Waals surface area contributed by atoms with Crippen LogP contribution in [0.1, 0.15) is 18.5 Å². The average Bonchev–Trinajstić information content (AvgIpc) is 2.69. The summed E-state index contributed by atoms with van der Waals surface area (Å²) in [6.07, 6.45) is 1.75. The van der Waals surface area contributed by atoms with E-state index in [-0.39, 0.29) is 11.9 Å². The summed E-state index contributed by atoms with van der Waals surface area (Å²) in [4.78, 5) is 23.8. The second kappa shape index (κ2) is 8.52. The van der Waals surface area contributed by atoms with E-state index in [0.29, 0.717) is 18.1 Å². The van der Waals surface area contributed by atoms with E-state index in [4.69, 9.17) is 11.6 Å². The number of amides is 1. The van der Waals surface area contributed by atoms with E-state index >= 15 is 0 Å². The van der Waals surface area contributed by atoms with E-state index in [1.165, 1.54) is 0 Å². The number of hydrogen-bond acceptors (Lipinski definition) is 4. The van der Waals surface area contributed by atoms with Gasteiger partial charge in [0.15, 0.2) is 0 Å². The van der Waals surface area contributed by atoms with Crippen molar-refractivity contribution in [2.24, 2.45) is 0 Å². The van der Waals surface area contributed by atoms with Crippen molar-refractivity contribution in [2.75, 3.05) is 44.7 Å². The standard InChI is InChI=1S/C20H25ClN4O/c1-3-23(2)18(16-8-5-4-6-9-16)20(26)25-14-12-24(13-15-25)19-17(21)10-7-11-22-19/h4-11,18H,3,12-15H2,1-2H3. The first-order chi connectivity index (χ1) is 12.6. The zero-order valence-electron chi connectivity index (χ0n) is 15.3. The number of hydrogen-bond donors (Lipinski definition) is 0. The highest BCUT2D eigenvalue weighted by atomic mass is 35.5. The van der Waals surface area contributed by atoms with Gasteiger partial charge in [-0.05, 0) is 31.3 Å². The van der Waals surface area contributed by atoms with E-state index in [2.05, 4.69) is 21.7 Å². The summed E-state index contributed by atoms with van der Waals surface area (Å²) >= 11 is 6.26. The zero-order chi connectivity index (χ0) is 18.5. The number of likely N-dealkylation sites (N-methyl/N-ethyl adjacent to an activating group) is 1. The van der Waals surface area contributed by atoms with E-state index in [9.17, 15) is 4.79 Å². The van der Waals surface area contributed by atoms with Gasteiger partial charge in [0.2, 0.25) is 5.91 Å². The maximum Gasteiger partial charge on any atom is 0.244 e. The number of aromatic nitrogens is 1. The smallest absolute Gasteiger partial charge is 0.244 e. The number of pyridine rings is 1. The molecule has 1 aliphatic rings. The van der Waals surface area contributed by atoms with Crippen LogP contribution in [0.4, 0.5) is 5.82 Å². The first-order valence-corrected chi connectivity index (χ1v) is 9.39. The summed E-state index contributed by atoms with van der Waals surface area (Å²) in [6.45, 7) is 5.71. The van der Waals surface area contributed by atoms with Gasteiger partial charge in [-0.15, -0.1) is 0 Å². The van der Waals surface area contributed by atoms with E-state index in [1.54, 1.807) is 6.20 Å². The molecule has 0 saturated carbocycles. The molecule has 0 bridgehead atoms. The highest BCUT2D eigenvalue weighted by Gasteiger charge is 2.31. The Morgan fingerprint density at radius 1 is 1.15 bits per heavy atom. The van der Waals surface area contributed by atoms with Crippen molar-refractivity contribution in [1.29, 1.82) is 0 Å². The van der Waals surface area contributed by atoms with Crippen LogP contribution in [0.2, 0.25) is 5.02 Å². The maximum atomic E-state index is 13.2. The summed E-state index contributed by atoms with van der Waals surface area (Å²) in [5, 5.41) is 0.653. The summed E-state index contributed by atoms with van der Waals surface area (Å²) in [5.74, 6) is 0.957. The Bertz CT molecular complexity index is 732. The van der Waals surface area contributed by atoms with Crippen molar-refractivity contribution >= 4 is 23.3 Å². The average molecular weight is 373 g/mol. The molecule has 1 aliphatic heterocycles. The van der Waals surface area contributed by atoms with Crippen molar-refractivity contribution in [1.82, 2.24) is 14.8 Å². The third-order valence-electron chi connectivity index (χ3n) is 4.92. The molecule has 138 valence electrons. The van der Waals surface area contributed by atoms with Crippen LogP contribution in [0.25, 0.3) is 0 Å². The molecule has 1 amide bonds. The van der Waals surface area contributed by atoms with Gasteiger partial charge < -0.3 is 9.80 Å². The third-order valence-corrected chi connectivity index (χ3v) is 5.21. The predicted molar refractivity (Wildman–Crippen MR) is 106 cm³/mol. The van der Waals surface area contributed by atoms with Gasteiger partial charge in [-0.25, -0.2) is 4.98 Å². The minimum absolute atomic E-state index is 0.160. The summed E-state index contributed by atoms with van der Waals surface area (Å²) in [5.41, 5.74) is 1.04. The van der Waals surface area contributed by atoms with Gasteiger partial charge in [-0.3, -0.25) is 9.69 Å². The van der Waals surface area contributed by atoms with Crippen LogP contribution < -0.4 is 4.90 Å². The second-order valence-corrected chi connectivity index (χ2v) is 6.91. The molecule has 0 radical (unpaired) electrons. The number of piperazine rings is 1. The molecule has 1 fully saturated rings. The molecule has 1 aromatic carbocycles. The molecule has 0 aliphatic carbocycles. The number of benzene rings is 1. The van der Waals surface area contributed by atoms with Crippen molar-refractivity contribution in [2.45, 2.75) is 13.0 Å². The highest BCUT2D eigenvalue weighted by molar-refractivity contribution is 6.32.